The normalized spacial score (nSPS) is 15.8. The Balaban J connectivity index is 1.80. The Morgan fingerprint density at radius 2 is 2.07 bits per heavy atom. The first-order valence-corrected chi connectivity index (χ1v) is 9.92. The van der Waals surface area contributed by atoms with E-state index in [2.05, 4.69) is 10.3 Å². The molecule has 7 heteroatoms. The molecule has 3 rings (SSSR count). The molecule has 27 heavy (non-hydrogen) atoms. The van der Waals surface area contributed by atoms with Crippen molar-refractivity contribution in [1.82, 2.24) is 10.3 Å². The molecule has 3 heterocycles. The number of carbonyl (C=O) groups excluding carboxylic acids is 2. The van der Waals surface area contributed by atoms with Crippen LogP contribution in [0.3, 0.4) is 0 Å². The number of thiophene rings is 1. The van der Waals surface area contributed by atoms with Crippen LogP contribution in [-0.4, -0.2) is 29.1 Å². The van der Waals surface area contributed by atoms with Crippen molar-refractivity contribution in [1.29, 1.82) is 0 Å². The first-order chi connectivity index (χ1) is 12.8. The molecule has 0 saturated carbocycles. The molecule has 0 radical (unpaired) electrons. The van der Waals surface area contributed by atoms with Crippen molar-refractivity contribution in [3.8, 4) is 0 Å². The fraction of sp³-hybridized carbons (Fsp3) is 0.450. The van der Waals surface area contributed by atoms with Crippen LogP contribution in [0.15, 0.2) is 35.8 Å². The van der Waals surface area contributed by atoms with Gasteiger partial charge in [0.15, 0.2) is 0 Å². The van der Waals surface area contributed by atoms with Gasteiger partial charge in [-0.1, -0.05) is 19.1 Å². The number of nitrogens with one attached hydrogen (secondary N) is 1. The molecule has 0 fully saturated rings. The molecule has 2 aromatic heterocycles. The Hall–Kier alpha value is -2.41. The predicted octanol–water partition coefficient (Wildman–Crippen LogP) is 3.93. The molecule has 144 valence electrons. The number of aromatic nitrogens is 1. The van der Waals surface area contributed by atoms with Crippen molar-refractivity contribution in [2.24, 2.45) is 5.92 Å². The second kappa shape index (κ2) is 7.68. The molecule has 0 unspecified atom stereocenters. The van der Waals surface area contributed by atoms with E-state index in [0.29, 0.717) is 6.54 Å². The molecule has 0 aliphatic carbocycles. The maximum absolute atomic E-state index is 13.2. The zero-order valence-corrected chi connectivity index (χ0v) is 16.9. The number of hydrogen-bond acceptors (Lipinski definition) is 5. The lowest BCUT2D eigenvalue weighted by atomic mass is 9.99. The lowest BCUT2D eigenvalue weighted by molar-refractivity contribution is -0.122. The van der Waals surface area contributed by atoms with Gasteiger partial charge < -0.3 is 10.1 Å². The van der Waals surface area contributed by atoms with Crippen LogP contribution < -0.4 is 10.2 Å². The molecule has 0 aromatic carbocycles. The molecule has 1 N–H and O–H groups in total. The zero-order valence-electron chi connectivity index (χ0n) is 16.1. The Kier molecular flexibility index (Phi) is 5.51. The highest BCUT2D eigenvalue weighted by Gasteiger charge is 2.35. The lowest BCUT2D eigenvalue weighted by Gasteiger charge is -2.28. The third kappa shape index (κ3) is 4.47. The van der Waals surface area contributed by atoms with Gasteiger partial charge in [0.2, 0.25) is 5.91 Å². The first-order valence-electron chi connectivity index (χ1n) is 9.04. The summed E-state index contributed by atoms with van der Waals surface area (Å²) in [5, 5.41) is 4.82. The number of carbonyl (C=O) groups is 2. The third-order valence-corrected chi connectivity index (χ3v) is 5.36. The van der Waals surface area contributed by atoms with Crippen molar-refractivity contribution >= 4 is 29.2 Å². The maximum Gasteiger partial charge on any atom is 0.408 e. The summed E-state index contributed by atoms with van der Waals surface area (Å²) < 4.78 is 5.40. The smallest absolute Gasteiger partial charge is 0.408 e. The van der Waals surface area contributed by atoms with Gasteiger partial charge in [-0.2, -0.15) is 0 Å². The predicted molar refractivity (Wildman–Crippen MR) is 106 cm³/mol. The Labute approximate surface area is 163 Å². The molecule has 2 atom stereocenters. The van der Waals surface area contributed by atoms with Gasteiger partial charge in [-0.15, -0.1) is 11.3 Å². The molecule has 0 saturated heterocycles. The van der Waals surface area contributed by atoms with Crippen LogP contribution in [0.2, 0.25) is 0 Å². The third-order valence-electron chi connectivity index (χ3n) is 4.41. The minimum Gasteiger partial charge on any atom is -0.444 e. The molecular weight excluding hydrogens is 362 g/mol. The summed E-state index contributed by atoms with van der Waals surface area (Å²) in [5.41, 5.74) is 0.473. The summed E-state index contributed by atoms with van der Waals surface area (Å²) in [7, 11) is 0. The fourth-order valence-electron chi connectivity index (χ4n) is 3.15. The van der Waals surface area contributed by atoms with Gasteiger partial charge in [-0.25, -0.2) is 9.78 Å². The van der Waals surface area contributed by atoms with Gasteiger partial charge in [0, 0.05) is 17.6 Å². The lowest BCUT2D eigenvalue weighted by Crippen LogP contribution is -2.43. The number of ether oxygens (including phenoxy) is 1. The summed E-state index contributed by atoms with van der Waals surface area (Å²) >= 11 is 1.51. The van der Waals surface area contributed by atoms with Gasteiger partial charge in [-0.05, 0) is 50.3 Å². The molecule has 0 bridgehead atoms. The van der Waals surface area contributed by atoms with Gasteiger partial charge >= 0.3 is 6.09 Å². The SMILES string of the molecule is C[C@@H](C(=O)N1CCc2cccnc21)[C@H](NC(=O)OC(C)(C)C)c1cccs1. The van der Waals surface area contributed by atoms with Crippen molar-refractivity contribution in [2.75, 3.05) is 11.4 Å². The van der Waals surface area contributed by atoms with Crippen LogP contribution >= 0.6 is 11.3 Å². The quantitative estimate of drug-likeness (QED) is 0.863. The zero-order chi connectivity index (χ0) is 19.6. The van der Waals surface area contributed by atoms with E-state index >= 15 is 0 Å². The van der Waals surface area contributed by atoms with Gasteiger partial charge in [0.05, 0.1) is 12.0 Å². The minimum absolute atomic E-state index is 0.0538. The average Bonchev–Trinajstić information content (AvgIpc) is 3.26. The van der Waals surface area contributed by atoms with E-state index < -0.39 is 23.7 Å². The number of hydrogen-bond donors (Lipinski definition) is 1. The number of alkyl carbamates (subject to hydrolysis) is 1. The van der Waals surface area contributed by atoms with Crippen LogP contribution in [0, 0.1) is 5.92 Å². The van der Waals surface area contributed by atoms with Crippen LogP contribution in [0.1, 0.15) is 44.2 Å². The van der Waals surface area contributed by atoms with Crippen LogP contribution in [0.25, 0.3) is 0 Å². The van der Waals surface area contributed by atoms with E-state index in [0.717, 1.165) is 22.7 Å². The van der Waals surface area contributed by atoms with Crippen molar-refractivity contribution < 1.29 is 14.3 Å². The molecule has 6 nitrogen and oxygen atoms in total. The van der Waals surface area contributed by atoms with Gasteiger partial charge in [0.25, 0.3) is 0 Å². The second-order valence-corrected chi connectivity index (χ2v) is 8.63. The number of fused-ring (bicyclic) bond motifs is 1. The van der Waals surface area contributed by atoms with Gasteiger partial charge in [-0.3, -0.25) is 9.69 Å². The van der Waals surface area contributed by atoms with Crippen LogP contribution in [0.4, 0.5) is 10.6 Å². The monoisotopic (exact) mass is 387 g/mol. The summed E-state index contributed by atoms with van der Waals surface area (Å²) in [4.78, 5) is 32.6. The minimum atomic E-state index is -0.602. The van der Waals surface area contributed by atoms with Crippen molar-refractivity contribution in [2.45, 2.75) is 45.8 Å². The first kappa shape index (κ1) is 19.4. The number of anilines is 1. The summed E-state index contributed by atoms with van der Waals surface area (Å²) in [6, 6.07) is 7.26. The van der Waals surface area contributed by atoms with E-state index in [9.17, 15) is 9.59 Å². The van der Waals surface area contributed by atoms with E-state index in [4.69, 9.17) is 4.74 Å². The van der Waals surface area contributed by atoms with E-state index in [1.165, 1.54) is 11.3 Å². The van der Waals surface area contributed by atoms with Crippen molar-refractivity contribution in [3.05, 3.63) is 46.3 Å². The molecule has 1 aliphatic rings. The standard InChI is InChI=1S/C20H25N3O3S/c1-13(18(24)23-11-9-14-7-5-10-21-17(14)23)16(15-8-6-12-27-15)22-19(25)26-20(2,3)4/h5-8,10,12-13,16H,9,11H2,1-4H3,(H,22,25)/t13-,16+/m1/s1. The molecule has 1 aliphatic heterocycles. The van der Waals surface area contributed by atoms with Crippen molar-refractivity contribution in [3.63, 3.8) is 0 Å². The highest BCUT2D eigenvalue weighted by molar-refractivity contribution is 7.10. The molecule has 2 amide bonds. The summed E-state index contributed by atoms with van der Waals surface area (Å²) in [5.74, 6) is 0.211. The average molecular weight is 388 g/mol. The number of amides is 2. The second-order valence-electron chi connectivity index (χ2n) is 7.65. The summed E-state index contributed by atoms with van der Waals surface area (Å²) in [6.07, 6.45) is 1.97. The Morgan fingerprint density at radius 1 is 1.30 bits per heavy atom. The van der Waals surface area contributed by atoms with Crippen LogP contribution in [0.5, 0.6) is 0 Å². The highest BCUT2D eigenvalue weighted by atomic mass is 32.1. The van der Waals surface area contributed by atoms with E-state index in [-0.39, 0.29) is 5.91 Å². The van der Waals surface area contributed by atoms with Crippen LogP contribution in [-0.2, 0) is 16.0 Å². The highest BCUT2D eigenvalue weighted by Crippen LogP contribution is 2.32. The Morgan fingerprint density at radius 3 is 2.74 bits per heavy atom. The van der Waals surface area contributed by atoms with E-state index in [1.807, 2.05) is 57.3 Å². The molecular formula is C20H25N3O3S. The number of rotatable bonds is 4. The van der Waals surface area contributed by atoms with Gasteiger partial charge in [0.1, 0.15) is 11.4 Å². The number of pyridine rings is 1. The largest absolute Gasteiger partial charge is 0.444 e. The fourth-order valence-corrected chi connectivity index (χ4v) is 4.04. The summed E-state index contributed by atoms with van der Waals surface area (Å²) in [6.45, 7) is 7.89. The van der Waals surface area contributed by atoms with E-state index in [1.54, 1.807) is 11.1 Å². The molecule has 2 aromatic rings. The number of nitrogens with zero attached hydrogens (tertiary/aromatic N) is 2. The Bertz CT molecular complexity index is 814. The molecule has 0 spiro atoms. The topological polar surface area (TPSA) is 71.5 Å². The maximum atomic E-state index is 13.2.